The second kappa shape index (κ2) is 4.97. The molecule has 2 nitrogen and oxygen atoms in total. The van der Waals surface area contributed by atoms with Gasteiger partial charge in [-0.1, -0.05) is 32.1 Å². The number of hydrogen-bond donors (Lipinski definition) is 0. The highest BCUT2D eigenvalue weighted by atomic mass is 79.9. The Balaban J connectivity index is 1.94. The van der Waals surface area contributed by atoms with Crippen LogP contribution in [0.25, 0.3) is 0 Å². The molecule has 0 saturated heterocycles. The van der Waals surface area contributed by atoms with Crippen LogP contribution in [0.3, 0.4) is 0 Å². The lowest BCUT2D eigenvalue weighted by atomic mass is 9.85. The number of carbonyl (C=O) groups is 1. The Labute approximate surface area is 98.2 Å². The number of furan rings is 1. The lowest BCUT2D eigenvalue weighted by Crippen LogP contribution is -2.12. The van der Waals surface area contributed by atoms with Gasteiger partial charge in [0.2, 0.25) is 0 Å². The lowest BCUT2D eigenvalue weighted by Gasteiger charge is -2.20. The minimum absolute atomic E-state index is 0.138. The van der Waals surface area contributed by atoms with E-state index in [0.717, 1.165) is 4.47 Å². The Kier molecular flexibility index (Phi) is 3.62. The van der Waals surface area contributed by atoms with E-state index in [2.05, 4.69) is 15.9 Å². The fourth-order valence-electron chi connectivity index (χ4n) is 2.24. The van der Waals surface area contributed by atoms with Crippen LogP contribution in [-0.4, -0.2) is 5.78 Å². The first kappa shape index (κ1) is 10.9. The fraction of sp³-hybridized carbons (Fsp3) is 0.583. The van der Waals surface area contributed by atoms with Gasteiger partial charge in [0, 0.05) is 6.42 Å². The van der Waals surface area contributed by atoms with E-state index in [0.29, 0.717) is 18.1 Å². The van der Waals surface area contributed by atoms with Gasteiger partial charge in [-0.2, -0.15) is 0 Å². The molecule has 0 N–H and O–H groups in total. The van der Waals surface area contributed by atoms with Crippen molar-refractivity contribution in [1.82, 2.24) is 0 Å². The minimum atomic E-state index is 0.138. The first-order valence-electron chi connectivity index (χ1n) is 5.53. The van der Waals surface area contributed by atoms with Gasteiger partial charge in [0.05, 0.1) is 10.7 Å². The molecule has 1 heterocycles. The molecule has 1 saturated carbocycles. The molecule has 3 heteroatoms. The predicted octanol–water partition coefficient (Wildman–Crippen LogP) is 4.20. The van der Waals surface area contributed by atoms with Gasteiger partial charge in [-0.15, -0.1) is 0 Å². The molecular weight excluding hydrogens is 256 g/mol. The van der Waals surface area contributed by atoms with Crippen molar-refractivity contribution in [3.05, 3.63) is 22.6 Å². The van der Waals surface area contributed by atoms with Crippen molar-refractivity contribution in [2.45, 2.75) is 38.5 Å². The Morgan fingerprint density at radius 2 is 2.13 bits per heavy atom. The maximum absolute atomic E-state index is 11.9. The fourth-order valence-corrected chi connectivity index (χ4v) is 2.66. The van der Waals surface area contributed by atoms with Crippen molar-refractivity contribution < 1.29 is 9.21 Å². The van der Waals surface area contributed by atoms with Crippen LogP contribution in [-0.2, 0) is 0 Å². The molecule has 1 aromatic rings. The van der Waals surface area contributed by atoms with Crippen LogP contribution in [0.2, 0.25) is 0 Å². The summed E-state index contributed by atoms with van der Waals surface area (Å²) >= 11 is 3.32. The maximum Gasteiger partial charge on any atom is 0.199 e. The molecule has 1 fully saturated rings. The quantitative estimate of drug-likeness (QED) is 0.771. The first-order chi connectivity index (χ1) is 7.27. The van der Waals surface area contributed by atoms with Gasteiger partial charge < -0.3 is 4.42 Å². The molecular formula is C12H15BrO2. The Hall–Kier alpha value is -0.570. The molecule has 82 valence electrons. The van der Waals surface area contributed by atoms with Crippen LogP contribution >= 0.6 is 15.9 Å². The van der Waals surface area contributed by atoms with Crippen molar-refractivity contribution in [2.24, 2.45) is 5.92 Å². The second-order valence-corrected chi connectivity index (χ2v) is 5.08. The molecule has 1 aliphatic carbocycles. The number of carbonyl (C=O) groups excluding carboxylic acids is 1. The van der Waals surface area contributed by atoms with Gasteiger partial charge in [0.1, 0.15) is 0 Å². The van der Waals surface area contributed by atoms with Crippen molar-refractivity contribution in [3.8, 4) is 0 Å². The van der Waals surface area contributed by atoms with E-state index in [1.54, 1.807) is 12.3 Å². The van der Waals surface area contributed by atoms with E-state index in [1.807, 2.05) is 0 Å². The first-order valence-corrected chi connectivity index (χ1v) is 6.33. The van der Waals surface area contributed by atoms with Gasteiger partial charge in [-0.3, -0.25) is 4.79 Å². The van der Waals surface area contributed by atoms with Crippen LogP contribution < -0.4 is 0 Å². The molecule has 0 unspecified atom stereocenters. The van der Waals surface area contributed by atoms with Crippen LogP contribution in [0.5, 0.6) is 0 Å². The summed E-state index contributed by atoms with van der Waals surface area (Å²) in [5, 5.41) is 0. The molecule has 0 radical (unpaired) electrons. The molecule has 0 amide bonds. The monoisotopic (exact) mass is 270 g/mol. The van der Waals surface area contributed by atoms with E-state index in [1.165, 1.54) is 32.1 Å². The van der Waals surface area contributed by atoms with Gasteiger partial charge in [0.25, 0.3) is 0 Å². The highest BCUT2D eigenvalue weighted by Crippen LogP contribution is 2.29. The molecule has 0 bridgehead atoms. The van der Waals surface area contributed by atoms with Crippen molar-refractivity contribution in [2.75, 3.05) is 0 Å². The zero-order chi connectivity index (χ0) is 10.7. The zero-order valence-electron chi connectivity index (χ0n) is 8.67. The predicted molar refractivity (Wildman–Crippen MR) is 61.9 cm³/mol. The van der Waals surface area contributed by atoms with Crippen molar-refractivity contribution in [3.63, 3.8) is 0 Å². The number of Topliss-reactive ketones (excluding diaryl/α,β-unsaturated/α-hetero) is 1. The Morgan fingerprint density at radius 1 is 1.40 bits per heavy atom. The molecule has 0 spiro atoms. The molecule has 1 aliphatic rings. The van der Waals surface area contributed by atoms with E-state index in [9.17, 15) is 4.79 Å². The summed E-state index contributed by atoms with van der Waals surface area (Å²) in [5.41, 5.74) is 0. The normalized spacial score (nSPS) is 17.9. The summed E-state index contributed by atoms with van der Waals surface area (Å²) in [7, 11) is 0. The van der Waals surface area contributed by atoms with Crippen LogP contribution in [0.15, 0.2) is 21.2 Å². The summed E-state index contributed by atoms with van der Waals surface area (Å²) < 4.78 is 5.95. The molecule has 0 aliphatic heterocycles. The highest BCUT2D eigenvalue weighted by molar-refractivity contribution is 9.10. The second-order valence-electron chi connectivity index (χ2n) is 4.23. The molecule has 2 rings (SSSR count). The van der Waals surface area contributed by atoms with Crippen LogP contribution in [0, 0.1) is 5.92 Å². The van der Waals surface area contributed by atoms with Crippen LogP contribution in [0.1, 0.15) is 49.1 Å². The van der Waals surface area contributed by atoms with Gasteiger partial charge in [-0.25, -0.2) is 0 Å². The van der Waals surface area contributed by atoms with Crippen molar-refractivity contribution in [1.29, 1.82) is 0 Å². The summed E-state index contributed by atoms with van der Waals surface area (Å²) in [6.07, 6.45) is 8.47. The van der Waals surface area contributed by atoms with Gasteiger partial charge >= 0.3 is 0 Å². The number of rotatable bonds is 3. The standard InChI is InChI=1S/C12H15BrO2/c13-10-6-7-15-12(10)11(14)8-9-4-2-1-3-5-9/h6-7,9H,1-5,8H2. The summed E-state index contributed by atoms with van der Waals surface area (Å²) in [6.45, 7) is 0. The summed E-state index contributed by atoms with van der Waals surface area (Å²) in [5.74, 6) is 1.20. The third-order valence-electron chi connectivity index (χ3n) is 3.07. The third-order valence-corrected chi connectivity index (χ3v) is 3.69. The Bertz CT molecular complexity index is 337. The third kappa shape index (κ3) is 2.71. The number of halogens is 1. The average Bonchev–Trinajstić information content (AvgIpc) is 2.66. The maximum atomic E-state index is 11.9. The zero-order valence-corrected chi connectivity index (χ0v) is 10.3. The molecule has 0 aromatic carbocycles. The van der Waals surface area contributed by atoms with Gasteiger partial charge in [0.15, 0.2) is 11.5 Å². The van der Waals surface area contributed by atoms with E-state index >= 15 is 0 Å². The van der Waals surface area contributed by atoms with Crippen LogP contribution in [0.4, 0.5) is 0 Å². The van der Waals surface area contributed by atoms with Crippen molar-refractivity contribution >= 4 is 21.7 Å². The topological polar surface area (TPSA) is 30.2 Å². The average molecular weight is 271 g/mol. The molecule has 1 aromatic heterocycles. The largest absolute Gasteiger partial charge is 0.460 e. The molecule has 15 heavy (non-hydrogen) atoms. The van der Waals surface area contributed by atoms with Gasteiger partial charge in [-0.05, 0) is 27.9 Å². The van der Waals surface area contributed by atoms with E-state index in [4.69, 9.17) is 4.42 Å². The summed E-state index contributed by atoms with van der Waals surface area (Å²) in [4.78, 5) is 11.9. The van der Waals surface area contributed by atoms with E-state index in [-0.39, 0.29) is 5.78 Å². The van der Waals surface area contributed by atoms with E-state index < -0.39 is 0 Å². The SMILES string of the molecule is O=C(CC1CCCCC1)c1occc1Br. The lowest BCUT2D eigenvalue weighted by molar-refractivity contribution is 0.0922. The minimum Gasteiger partial charge on any atom is -0.460 e. The summed E-state index contributed by atoms with van der Waals surface area (Å²) in [6, 6.07) is 1.77. The smallest absolute Gasteiger partial charge is 0.199 e. The highest BCUT2D eigenvalue weighted by Gasteiger charge is 2.21. The Morgan fingerprint density at radius 3 is 2.73 bits per heavy atom. The number of ketones is 1. The number of hydrogen-bond acceptors (Lipinski definition) is 2. The molecule has 0 atom stereocenters.